The van der Waals surface area contributed by atoms with Crippen LogP contribution >= 0.6 is 11.8 Å². The van der Waals surface area contributed by atoms with Gasteiger partial charge in [-0.3, -0.25) is 0 Å². The first-order valence-corrected chi connectivity index (χ1v) is 8.22. The SMILES string of the molecule is CCCNC(CC)c1nnc(-c2ccc(SC)cc2)o1. The highest BCUT2D eigenvalue weighted by Crippen LogP contribution is 2.24. The Morgan fingerprint density at radius 3 is 2.55 bits per heavy atom. The van der Waals surface area contributed by atoms with E-state index in [1.54, 1.807) is 11.8 Å². The first-order valence-electron chi connectivity index (χ1n) is 6.99. The second kappa shape index (κ2) is 7.45. The van der Waals surface area contributed by atoms with Crippen molar-refractivity contribution in [1.29, 1.82) is 0 Å². The highest BCUT2D eigenvalue weighted by atomic mass is 32.2. The van der Waals surface area contributed by atoms with Crippen LogP contribution in [0.2, 0.25) is 0 Å². The van der Waals surface area contributed by atoms with Crippen LogP contribution in [0.15, 0.2) is 33.6 Å². The van der Waals surface area contributed by atoms with Gasteiger partial charge in [0.25, 0.3) is 0 Å². The number of thioether (sulfide) groups is 1. The fourth-order valence-corrected chi connectivity index (χ4v) is 2.36. The van der Waals surface area contributed by atoms with Crippen molar-refractivity contribution < 1.29 is 4.42 Å². The summed E-state index contributed by atoms with van der Waals surface area (Å²) in [5, 5.41) is 11.7. The lowest BCUT2D eigenvalue weighted by atomic mass is 10.2. The maximum atomic E-state index is 5.80. The van der Waals surface area contributed by atoms with Gasteiger partial charge in [-0.05, 0) is 49.9 Å². The van der Waals surface area contributed by atoms with Gasteiger partial charge in [0, 0.05) is 10.5 Å². The summed E-state index contributed by atoms with van der Waals surface area (Å²) < 4.78 is 5.80. The van der Waals surface area contributed by atoms with Crippen molar-refractivity contribution in [1.82, 2.24) is 15.5 Å². The summed E-state index contributed by atoms with van der Waals surface area (Å²) in [6.45, 7) is 5.22. The second-order valence-corrected chi connectivity index (χ2v) is 5.47. The van der Waals surface area contributed by atoms with Gasteiger partial charge in [-0.25, -0.2) is 0 Å². The Bertz CT molecular complexity index is 524. The molecule has 0 bridgehead atoms. The van der Waals surface area contributed by atoms with Crippen LogP contribution in [-0.4, -0.2) is 23.0 Å². The summed E-state index contributed by atoms with van der Waals surface area (Å²) in [6, 6.07) is 8.31. The van der Waals surface area contributed by atoms with Crippen LogP contribution in [0.25, 0.3) is 11.5 Å². The minimum atomic E-state index is 0.140. The molecule has 0 aliphatic rings. The maximum Gasteiger partial charge on any atom is 0.247 e. The van der Waals surface area contributed by atoms with Crippen molar-refractivity contribution in [3.63, 3.8) is 0 Å². The maximum absolute atomic E-state index is 5.80. The van der Waals surface area contributed by atoms with Crippen molar-refractivity contribution in [3.05, 3.63) is 30.2 Å². The Morgan fingerprint density at radius 1 is 1.20 bits per heavy atom. The summed E-state index contributed by atoms with van der Waals surface area (Å²) >= 11 is 1.72. The van der Waals surface area contributed by atoms with Crippen LogP contribution in [0, 0.1) is 0 Å². The van der Waals surface area contributed by atoms with E-state index in [0.29, 0.717) is 11.8 Å². The molecule has 0 fully saturated rings. The quantitative estimate of drug-likeness (QED) is 0.784. The van der Waals surface area contributed by atoms with Crippen LogP contribution in [0.5, 0.6) is 0 Å². The molecule has 0 saturated heterocycles. The number of nitrogens with one attached hydrogen (secondary N) is 1. The Balaban J connectivity index is 2.14. The first kappa shape index (κ1) is 15.1. The van der Waals surface area contributed by atoms with Crippen LogP contribution < -0.4 is 5.32 Å². The second-order valence-electron chi connectivity index (χ2n) is 4.59. The van der Waals surface area contributed by atoms with Gasteiger partial charge in [0.2, 0.25) is 11.8 Å². The highest BCUT2D eigenvalue weighted by Gasteiger charge is 2.16. The Hall–Kier alpha value is -1.33. The summed E-state index contributed by atoms with van der Waals surface area (Å²) in [6.07, 6.45) is 4.09. The molecule has 0 radical (unpaired) electrons. The Morgan fingerprint density at radius 2 is 1.95 bits per heavy atom. The molecule has 0 saturated carbocycles. The predicted molar refractivity (Wildman–Crippen MR) is 82.8 cm³/mol. The third kappa shape index (κ3) is 3.61. The zero-order chi connectivity index (χ0) is 14.4. The monoisotopic (exact) mass is 291 g/mol. The zero-order valence-corrected chi connectivity index (χ0v) is 13.0. The summed E-state index contributed by atoms with van der Waals surface area (Å²) in [7, 11) is 0. The largest absolute Gasteiger partial charge is 0.419 e. The molecule has 0 spiro atoms. The molecular formula is C15H21N3OS. The molecule has 0 aliphatic carbocycles. The molecule has 108 valence electrons. The lowest BCUT2D eigenvalue weighted by Crippen LogP contribution is -2.21. The fourth-order valence-electron chi connectivity index (χ4n) is 1.95. The molecule has 1 aromatic heterocycles. The lowest BCUT2D eigenvalue weighted by molar-refractivity contribution is 0.396. The smallest absolute Gasteiger partial charge is 0.247 e. The molecule has 2 aromatic rings. The Labute approximate surface area is 124 Å². The van der Waals surface area contributed by atoms with E-state index in [9.17, 15) is 0 Å². The summed E-state index contributed by atoms with van der Waals surface area (Å²) in [5.74, 6) is 1.26. The van der Waals surface area contributed by atoms with Gasteiger partial charge in [-0.1, -0.05) is 13.8 Å². The Kier molecular flexibility index (Phi) is 5.61. The van der Waals surface area contributed by atoms with Gasteiger partial charge in [0.1, 0.15) is 0 Å². The van der Waals surface area contributed by atoms with Gasteiger partial charge in [-0.15, -0.1) is 22.0 Å². The molecule has 1 N–H and O–H groups in total. The number of benzene rings is 1. The average molecular weight is 291 g/mol. The minimum Gasteiger partial charge on any atom is -0.419 e. The first-order chi connectivity index (χ1) is 9.78. The van der Waals surface area contributed by atoms with Crippen molar-refractivity contribution in [2.24, 2.45) is 0 Å². The molecule has 1 unspecified atom stereocenters. The molecule has 4 nitrogen and oxygen atoms in total. The van der Waals surface area contributed by atoms with E-state index in [4.69, 9.17) is 4.42 Å². The van der Waals surface area contributed by atoms with Gasteiger partial charge in [0.05, 0.1) is 6.04 Å². The topological polar surface area (TPSA) is 51.0 Å². The molecule has 1 aromatic carbocycles. The van der Waals surface area contributed by atoms with Gasteiger partial charge in [-0.2, -0.15) is 0 Å². The van der Waals surface area contributed by atoms with E-state index < -0.39 is 0 Å². The van der Waals surface area contributed by atoms with Crippen molar-refractivity contribution in [3.8, 4) is 11.5 Å². The van der Waals surface area contributed by atoms with E-state index in [-0.39, 0.29) is 6.04 Å². The number of rotatable bonds is 7. The van der Waals surface area contributed by atoms with E-state index in [2.05, 4.69) is 47.8 Å². The summed E-state index contributed by atoms with van der Waals surface area (Å²) in [5.41, 5.74) is 0.965. The van der Waals surface area contributed by atoms with Crippen LogP contribution in [-0.2, 0) is 0 Å². The average Bonchev–Trinajstić information content (AvgIpc) is 2.98. The lowest BCUT2D eigenvalue weighted by Gasteiger charge is -2.11. The van der Waals surface area contributed by atoms with Crippen LogP contribution in [0.4, 0.5) is 0 Å². The number of aromatic nitrogens is 2. The van der Waals surface area contributed by atoms with Crippen molar-refractivity contribution in [2.45, 2.75) is 37.6 Å². The summed E-state index contributed by atoms with van der Waals surface area (Å²) in [4.78, 5) is 1.23. The van der Waals surface area contributed by atoms with Crippen LogP contribution in [0.3, 0.4) is 0 Å². The predicted octanol–water partition coefficient (Wildman–Crippen LogP) is 3.91. The molecule has 0 aliphatic heterocycles. The number of hydrogen-bond acceptors (Lipinski definition) is 5. The highest BCUT2D eigenvalue weighted by molar-refractivity contribution is 7.98. The molecule has 1 atom stereocenters. The normalized spacial score (nSPS) is 12.6. The molecule has 20 heavy (non-hydrogen) atoms. The molecule has 5 heteroatoms. The van der Waals surface area contributed by atoms with Gasteiger partial charge >= 0.3 is 0 Å². The molecule has 0 amide bonds. The van der Waals surface area contributed by atoms with Crippen molar-refractivity contribution in [2.75, 3.05) is 12.8 Å². The van der Waals surface area contributed by atoms with Crippen LogP contribution in [0.1, 0.15) is 38.6 Å². The van der Waals surface area contributed by atoms with E-state index in [1.165, 1.54) is 4.90 Å². The number of nitrogens with zero attached hydrogens (tertiary/aromatic N) is 2. The molecule has 2 rings (SSSR count). The van der Waals surface area contributed by atoms with E-state index >= 15 is 0 Å². The van der Waals surface area contributed by atoms with Gasteiger partial charge < -0.3 is 9.73 Å². The third-order valence-electron chi connectivity index (χ3n) is 3.12. The molecule has 1 heterocycles. The fraction of sp³-hybridized carbons (Fsp3) is 0.467. The van der Waals surface area contributed by atoms with E-state index in [0.717, 1.165) is 24.9 Å². The third-order valence-corrected chi connectivity index (χ3v) is 3.87. The zero-order valence-electron chi connectivity index (χ0n) is 12.2. The van der Waals surface area contributed by atoms with Gasteiger partial charge in [0.15, 0.2) is 0 Å². The van der Waals surface area contributed by atoms with Crippen molar-refractivity contribution >= 4 is 11.8 Å². The molecular weight excluding hydrogens is 270 g/mol. The number of hydrogen-bond donors (Lipinski definition) is 1. The standard InChI is InChI=1S/C15H21N3OS/c1-4-10-16-13(5-2)15-18-17-14(19-15)11-6-8-12(20-3)9-7-11/h6-9,13,16H,4-5,10H2,1-3H3. The minimum absolute atomic E-state index is 0.140. The van der Waals surface area contributed by atoms with E-state index in [1.807, 2.05) is 12.1 Å².